The SMILES string of the molecule is CN1C(=O)CCC[C@]12CCCN(C(=O)c1cc(F)cc(F)c1)C2. The second kappa shape index (κ2) is 5.91. The van der Waals surface area contributed by atoms with Crippen molar-refractivity contribution in [2.75, 3.05) is 20.1 Å². The largest absolute Gasteiger partial charge is 0.338 e. The highest BCUT2D eigenvalue weighted by Crippen LogP contribution is 2.36. The molecule has 0 aliphatic carbocycles. The Morgan fingerprint density at radius 3 is 2.48 bits per heavy atom. The van der Waals surface area contributed by atoms with E-state index >= 15 is 0 Å². The number of halogens is 2. The summed E-state index contributed by atoms with van der Waals surface area (Å²) >= 11 is 0. The molecule has 6 heteroatoms. The molecule has 2 aliphatic rings. The van der Waals surface area contributed by atoms with Crippen LogP contribution in [0.15, 0.2) is 18.2 Å². The number of amides is 2. The van der Waals surface area contributed by atoms with Crippen LogP contribution < -0.4 is 0 Å². The van der Waals surface area contributed by atoms with E-state index in [-0.39, 0.29) is 22.9 Å². The Balaban J connectivity index is 1.83. The van der Waals surface area contributed by atoms with Crippen molar-refractivity contribution < 1.29 is 18.4 Å². The Morgan fingerprint density at radius 1 is 1.13 bits per heavy atom. The van der Waals surface area contributed by atoms with E-state index in [1.807, 2.05) is 0 Å². The van der Waals surface area contributed by atoms with Crippen LogP contribution in [0.2, 0.25) is 0 Å². The van der Waals surface area contributed by atoms with Crippen molar-refractivity contribution in [3.8, 4) is 0 Å². The molecule has 2 heterocycles. The predicted octanol–water partition coefficient (Wildman–Crippen LogP) is 2.58. The van der Waals surface area contributed by atoms with Gasteiger partial charge >= 0.3 is 0 Å². The van der Waals surface area contributed by atoms with Gasteiger partial charge in [0.15, 0.2) is 0 Å². The van der Waals surface area contributed by atoms with Gasteiger partial charge in [-0.15, -0.1) is 0 Å². The van der Waals surface area contributed by atoms with E-state index in [1.54, 1.807) is 16.8 Å². The van der Waals surface area contributed by atoms with E-state index in [4.69, 9.17) is 0 Å². The number of hydrogen-bond donors (Lipinski definition) is 0. The molecule has 2 aliphatic heterocycles. The predicted molar refractivity (Wildman–Crippen MR) is 80.8 cm³/mol. The van der Waals surface area contributed by atoms with Gasteiger partial charge in [-0.25, -0.2) is 8.78 Å². The van der Waals surface area contributed by atoms with Crippen LogP contribution in [0.1, 0.15) is 42.5 Å². The van der Waals surface area contributed by atoms with E-state index in [1.165, 1.54) is 0 Å². The molecule has 0 aromatic heterocycles. The Kier molecular flexibility index (Phi) is 4.08. The van der Waals surface area contributed by atoms with Crippen molar-refractivity contribution >= 4 is 11.8 Å². The molecule has 3 rings (SSSR count). The zero-order valence-electron chi connectivity index (χ0n) is 13.1. The second-order valence-electron chi connectivity index (χ2n) is 6.52. The lowest BCUT2D eigenvalue weighted by atomic mass is 9.80. The highest BCUT2D eigenvalue weighted by molar-refractivity contribution is 5.94. The third kappa shape index (κ3) is 2.94. The number of rotatable bonds is 1. The maximum absolute atomic E-state index is 13.4. The lowest BCUT2D eigenvalue weighted by Crippen LogP contribution is -2.61. The Bertz CT molecular complexity index is 625. The minimum atomic E-state index is -0.759. The van der Waals surface area contributed by atoms with Crippen LogP contribution in [0.4, 0.5) is 8.78 Å². The summed E-state index contributed by atoms with van der Waals surface area (Å²) in [6.07, 6.45) is 3.86. The first-order valence-corrected chi connectivity index (χ1v) is 7.93. The molecule has 0 saturated carbocycles. The molecule has 1 aromatic carbocycles. The van der Waals surface area contributed by atoms with Crippen LogP contribution in [-0.4, -0.2) is 47.3 Å². The minimum absolute atomic E-state index is 0.0179. The zero-order chi connectivity index (χ0) is 16.6. The summed E-state index contributed by atoms with van der Waals surface area (Å²) in [7, 11) is 1.79. The fraction of sp³-hybridized carbons (Fsp3) is 0.529. The Morgan fingerprint density at radius 2 is 1.78 bits per heavy atom. The number of likely N-dealkylation sites (N-methyl/N-ethyl adjacent to an activating group) is 1. The fourth-order valence-electron chi connectivity index (χ4n) is 3.79. The van der Waals surface area contributed by atoms with Crippen LogP contribution in [0, 0.1) is 11.6 Å². The van der Waals surface area contributed by atoms with Crippen molar-refractivity contribution in [3.05, 3.63) is 35.4 Å². The summed E-state index contributed by atoms with van der Waals surface area (Å²) in [5, 5.41) is 0. The van der Waals surface area contributed by atoms with Crippen LogP contribution in [-0.2, 0) is 4.79 Å². The average molecular weight is 322 g/mol. The molecule has 0 unspecified atom stereocenters. The van der Waals surface area contributed by atoms with Gasteiger partial charge in [-0.05, 0) is 37.8 Å². The van der Waals surface area contributed by atoms with E-state index < -0.39 is 11.6 Å². The van der Waals surface area contributed by atoms with E-state index in [9.17, 15) is 18.4 Å². The Hall–Kier alpha value is -1.98. The third-order valence-corrected chi connectivity index (χ3v) is 5.07. The zero-order valence-corrected chi connectivity index (χ0v) is 13.1. The second-order valence-corrected chi connectivity index (χ2v) is 6.52. The Labute approximate surface area is 134 Å². The third-order valence-electron chi connectivity index (χ3n) is 5.07. The molecule has 1 aromatic rings. The van der Waals surface area contributed by atoms with Crippen LogP contribution >= 0.6 is 0 Å². The van der Waals surface area contributed by atoms with E-state index in [2.05, 4.69) is 0 Å². The van der Waals surface area contributed by atoms with Gasteiger partial charge in [0, 0.05) is 38.2 Å². The first-order chi connectivity index (χ1) is 10.9. The molecule has 0 radical (unpaired) electrons. The molecule has 2 saturated heterocycles. The van der Waals surface area contributed by atoms with Gasteiger partial charge in [0.05, 0.1) is 5.54 Å². The van der Waals surface area contributed by atoms with Crippen LogP contribution in [0.5, 0.6) is 0 Å². The molecule has 1 spiro atoms. The molecule has 0 N–H and O–H groups in total. The first-order valence-electron chi connectivity index (χ1n) is 7.93. The molecule has 0 bridgehead atoms. The van der Waals surface area contributed by atoms with Crippen molar-refractivity contribution in [2.45, 2.75) is 37.6 Å². The number of nitrogens with zero attached hydrogens (tertiary/aromatic N) is 2. The van der Waals surface area contributed by atoms with Gasteiger partial charge < -0.3 is 9.80 Å². The summed E-state index contributed by atoms with van der Waals surface area (Å²) in [6.45, 7) is 0.965. The molecule has 124 valence electrons. The lowest BCUT2D eigenvalue weighted by molar-refractivity contribution is -0.142. The molecule has 2 fully saturated rings. The number of carbonyl (C=O) groups excluding carboxylic acids is 2. The van der Waals surface area contributed by atoms with Crippen molar-refractivity contribution in [1.82, 2.24) is 9.80 Å². The van der Waals surface area contributed by atoms with Gasteiger partial charge in [-0.2, -0.15) is 0 Å². The minimum Gasteiger partial charge on any atom is -0.338 e. The monoisotopic (exact) mass is 322 g/mol. The number of likely N-dealkylation sites (tertiary alicyclic amines) is 2. The number of benzene rings is 1. The normalized spacial score (nSPS) is 25.1. The smallest absolute Gasteiger partial charge is 0.254 e. The van der Waals surface area contributed by atoms with Gasteiger partial charge in [0.1, 0.15) is 11.6 Å². The number of piperidine rings is 2. The van der Waals surface area contributed by atoms with Crippen molar-refractivity contribution in [2.24, 2.45) is 0 Å². The van der Waals surface area contributed by atoms with Crippen molar-refractivity contribution in [1.29, 1.82) is 0 Å². The van der Waals surface area contributed by atoms with Gasteiger partial charge in [0.2, 0.25) is 5.91 Å². The number of hydrogen-bond acceptors (Lipinski definition) is 2. The first kappa shape index (κ1) is 15.9. The average Bonchev–Trinajstić information content (AvgIpc) is 2.51. The summed E-state index contributed by atoms with van der Waals surface area (Å²) < 4.78 is 26.7. The molecule has 2 amide bonds. The highest BCUT2D eigenvalue weighted by atomic mass is 19.1. The molecule has 23 heavy (non-hydrogen) atoms. The summed E-state index contributed by atoms with van der Waals surface area (Å²) in [5.74, 6) is -1.80. The maximum atomic E-state index is 13.4. The quantitative estimate of drug-likeness (QED) is 0.797. The maximum Gasteiger partial charge on any atom is 0.254 e. The molecular weight excluding hydrogens is 302 g/mol. The summed E-state index contributed by atoms with van der Waals surface area (Å²) in [4.78, 5) is 28.0. The fourth-order valence-corrected chi connectivity index (χ4v) is 3.79. The van der Waals surface area contributed by atoms with Gasteiger partial charge in [0.25, 0.3) is 5.91 Å². The molecular formula is C17H20F2N2O2. The number of carbonyl (C=O) groups is 2. The van der Waals surface area contributed by atoms with E-state index in [0.29, 0.717) is 19.5 Å². The summed E-state index contributed by atoms with van der Waals surface area (Å²) in [5.41, 5.74) is -0.320. The van der Waals surface area contributed by atoms with Crippen molar-refractivity contribution in [3.63, 3.8) is 0 Å². The van der Waals surface area contributed by atoms with Gasteiger partial charge in [-0.3, -0.25) is 9.59 Å². The van der Waals surface area contributed by atoms with Crippen LogP contribution in [0.25, 0.3) is 0 Å². The highest BCUT2D eigenvalue weighted by Gasteiger charge is 2.44. The topological polar surface area (TPSA) is 40.6 Å². The lowest BCUT2D eigenvalue weighted by Gasteiger charge is -2.50. The molecule has 4 nitrogen and oxygen atoms in total. The van der Waals surface area contributed by atoms with Crippen LogP contribution in [0.3, 0.4) is 0 Å². The summed E-state index contributed by atoms with van der Waals surface area (Å²) in [6, 6.07) is 2.87. The molecule has 1 atom stereocenters. The standard InChI is InChI=1S/C17H20F2N2O2/c1-20-15(22)4-2-5-17(20)6-3-7-21(11-17)16(23)12-8-13(18)10-14(19)9-12/h8-10H,2-7,11H2,1H3/t17-/m1/s1. The van der Waals surface area contributed by atoms with Gasteiger partial charge in [-0.1, -0.05) is 0 Å². The van der Waals surface area contributed by atoms with E-state index in [0.717, 1.165) is 43.9 Å².